The molecule has 0 fully saturated rings. The van der Waals surface area contributed by atoms with Crippen molar-refractivity contribution in [2.75, 3.05) is 31.7 Å². The van der Waals surface area contributed by atoms with Crippen molar-refractivity contribution >= 4 is 5.69 Å². The van der Waals surface area contributed by atoms with Crippen LogP contribution < -0.4 is 10.2 Å². The second kappa shape index (κ2) is 8.93. The van der Waals surface area contributed by atoms with Crippen LogP contribution in [0.25, 0.3) is 0 Å². The largest absolute Gasteiger partial charge is 0.383 e. The van der Waals surface area contributed by atoms with Crippen LogP contribution in [0.1, 0.15) is 45.9 Å². The molecule has 1 aromatic rings. The van der Waals surface area contributed by atoms with Crippen molar-refractivity contribution in [3.63, 3.8) is 0 Å². The molecular formula is C16H29N3O. The molecule has 0 aliphatic heterocycles. The van der Waals surface area contributed by atoms with E-state index in [4.69, 9.17) is 4.74 Å². The van der Waals surface area contributed by atoms with Crippen LogP contribution >= 0.6 is 0 Å². The predicted molar refractivity (Wildman–Crippen MR) is 85.3 cm³/mol. The van der Waals surface area contributed by atoms with Gasteiger partial charge in [-0.25, -0.2) is 0 Å². The van der Waals surface area contributed by atoms with Crippen molar-refractivity contribution in [2.24, 2.45) is 0 Å². The molecular weight excluding hydrogens is 250 g/mol. The van der Waals surface area contributed by atoms with Crippen molar-refractivity contribution < 1.29 is 4.74 Å². The number of ether oxygens (including phenoxy) is 1. The zero-order chi connectivity index (χ0) is 15.0. The minimum absolute atomic E-state index is 0.296. The molecule has 114 valence electrons. The second-order valence-corrected chi connectivity index (χ2v) is 5.16. The van der Waals surface area contributed by atoms with Gasteiger partial charge in [-0.2, -0.15) is 0 Å². The molecule has 1 N–H and O–H groups in total. The summed E-state index contributed by atoms with van der Waals surface area (Å²) in [5.74, 6) is 0. The van der Waals surface area contributed by atoms with Gasteiger partial charge in [-0.1, -0.05) is 13.8 Å². The van der Waals surface area contributed by atoms with E-state index in [0.717, 1.165) is 31.8 Å². The maximum absolute atomic E-state index is 5.21. The van der Waals surface area contributed by atoms with E-state index >= 15 is 0 Å². The Kier molecular flexibility index (Phi) is 7.55. The first kappa shape index (κ1) is 16.9. The van der Waals surface area contributed by atoms with Crippen LogP contribution in [0.15, 0.2) is 18.3 Å². The van der Waals surface area contributed by atoms with Crippen molar-refractivity contribution in [3.05, 3.63) is 24.0 Å². The number of methoxy groups -OCH3 is 1. The molecule has 0 saturated heterocycles. The Morgan fingerprint density at radius 2 is 2.05 bits per heavy atom. The van der Waals surface area contributed by atoms with E-state index in [2.05, 4.69) is 55.0 Å². The highest BCUT2D eigenvalue weighted by Crippen LogP contribution is 2.19. The van der Waals surface area contributed by atoms with E-state index in [-0.39, 0.29) is 0 Å². The van der Waals surface area contributed by atoms with Crippen molar-refractivity contribution in [1.29, 1.82) is 0 Å². The van der Waals surface area contributed by atoms with Crippen LogP contribution in [0.2, 0.25) is 0 Å². The monoisotopic (exact) mass is 279 g/mol. The first-order chi connectivity index (χ1) is 9.63. The van der Waals surface area contributed by atoms with Crippen LogP contribution in [0.4, 0.5) is 5.69 Å². The third-order valence-corrected chi connectivity index (χ3v) is 3.72. The molecule has 0 saturated carbocycles. The Bertz CT molecular complexity index is 366. The Morgan fingerprint density at radius 1 is 1.30 bits per heavy atom. The molecule has 0 radical (unpaired) electrons. The van der Waals surface area contributed by atoms with Gasteiger partial charge in [0.25, 0.3) is 0 Å². The first-order valence-corrected chi connectivity index (χ1v) is 7.58. The lowest BCUT2D eigenvalue weighted by atomic mass is 10.1. The molecule has 1 heterocycles. The molecule has 2 unspecified atom stereocenters. The van der Waals surface area contributed by atoms with E-state index in [0.29, 0.717) is 12.1 Å². The zero-order valence-corrected chi connectivity index (χ0v) is 13.5. The maximum atomic E-state index is 5.21. The van der Waals surface area contributed by atoms with Gasteiger partial charge in [0.05, 0.1) is 24.2 Å². The molecule has 2 atom stereocenters. The highest BCUT2D eigenvalue weighted by atomic mass is 16.5. The molecule has 0 amide bonds. The Hall–Kier alpha value is -1.13. The minimum Gasteiger partial charge on any atom is -0.383 e. The topological polar surface area (TPSA) is 37.4 Å². The van der Waals surface area contributed by atoms with Crippen LogP contribution in [0, 0.1) is 0 Å². The zero-order valence-electron chi connectivity index (χ0n) is 13.5. The van der Waals surface area contributed by atoms with Crippen molar-refractivity contribution in [1.82, 2.24) is 10.3 Å². The SMILES string of the molecule is CCNC(C)c1ccc(N(CCOC)C(C)CC)cn1. The molecule has 0 aliphatic rings. The number of nitrogens with one attached hydrogen (secondary N) is 1. The summed E-state index contributed by atoms with van der Waals surface area (Å²) in [6.07, 6.45) is 3.09. The van der Waals surface area contributed by atoms with Gasteiger partial charge in [-0.15, -0.1) is 0 Å². The summed E-state index contributed by atoms with van der Waals surface area (Å²) >= 11 is 0. The summed E-state index contributed by atoms with van der Waals surface area (Å²) in [7, 11) is 1.74. The number of hydrogen-bond acceptors (Lipinski definition) is 4. The van der Waals surface area contributed by atoms with Crippen LogP contribution in [0.3, 0.4) is 0 Å². The van der Waals surface area contributed by atoms with Gasteiger partial charge in [0.2, 0.25) is 0 Å². The molecule has 1 aromatic heterocycles. The van der Waals surface area contributed by atoms with E-state index < -0.39 is 0 Å². The lowest BCUT2D eigenvalue weighted by Crippen LogP contribution is -2.35. The number of nitrogens with zero attached hydrogens (tertiary/aromatic N) is 2. The average molecular weight is 279 g/mol. The fourth-order valence-corrected chi connectivity index (χ4v) is 2.25. The molecule has 20 heavy (non-hydrogen) atoms. The number of aromatic nitrogens is 1. The summed E-state index contributed by atoms with van der Waals surface area (Å²) in [6, 6.07) is 5.07. The summed E-state index contributed by atoms with van der Waals surface area (Å²) < 4.78 is 5.21. The van der Waals surface area contributed by atoms with Gasteiger partial charge >= 0.3 is 0 Å². The van der Waals surface area contributed by atoms with Crippen molar-refractivity contribution in [2.45, 2.75) is 46.2 Å². The second-order valence-electron chi connectivity index (χ2n) is 5.16. The average Bonchev–Trinajstić information content (AvgIpc) is 2.48. The van der Waals surface area contributed by atoms with Gasteiger partial charge in [-0.05, 0) is 38.9 Å². The highest BCUT2D eigenvalue weighted by molar-refractivity contribution is 5.45. The first-order valence-electron chi connectivity index (χ1n) is 7.58. The predicted octanol–water partition coefficient (Wildman–Crippen LogP) is 3.00. The lowest BCUT2D eigenvalue weighted by molar-refractivity contribution is 0.203. The van der Waals surface area contributed by atoms with E-state index in [1.54, 1.807) is 7.11 Å². The molecule has 0 bridgehead atoms. The lowest BCUT2D eigenvalue weighted by Gasteiger charge is -2.30. The van der Waals surface area contributed by atoms with E-state index in [1.807, 2.05) is 6.20 Å². The number of anilines is 1. The standard InChI is InChI=1S/C16H29N3O/c1-6-13(3)19(10-11-20-5)15-8-9-16(18-12-15)14(4)17-7-2/h8-9,12-14,17H,6-7,10-11H2,1-5H3. The molecule has 4 heteroatoms. The normalized spacial score (nSPS) is 14.1. The smallest absolute Gasteiger partial charge is 0.0637 e. The quantitative estimate of drug-likeness (QED) is 0.754. The summed E-state index contributed by atoms with van der Waals surface area (Å²) in [6.45, 7) is 11.3. The van der Waals surface area contributed by atoms with Crippen LogP contribution in [-0.2, 0) is 4.74 Å². The van der Waals surface area contributed by atoms with E-state index in [9.17, 15) is 0 Å². The van der Waals surface area contributed by atoms with Crippen molar-refractivity contribution in [3.8, 4) is 0 Å². The molecule has 0 aliphatic carbocycles. The molecule has 4 nitrogen and oxygen atoms in total. The minimum atomic E-state index is 0.296. The van der Waals surface area contributed by atoms with Gasteiger partial charge in [0.1, 0.15) is 0 Å². The van der Waals surface area contributed by atoms with Gasteiger partial charge in [-0.3, -0.25) is 4.98 Å². The Balaban J connectivity index is 2.81. The fourth-order valence-electron chi connectivity index (χ4n) is 2.25. The third-order valence-electron chi connectivity index (χ3n) is 3.72. The number of rotatable bonds is 9. The number of pyridine rings is 1. The van der Waals surface area contributed by atoms with Gasteiger partial charge in [0, 0.05) is 25.7 Å². The maximum Gasteiger partial charge on any atom is 0.0637 e. The summed E-state index contributed by atoms with van der Waals surface area (Å²) in [5, 5.41) is 3.38. The van der Waals surface area contributed by atoms with E-state index in [1.165, 1.54) is 5.69 Å². The molecule has 1 rings (SSSR count). The van der Waals surface area contributed by atoms with Crippen LogP contribution in [0.5, 0.6) is 0 Å². The highest BCUT2D eigenvalue weighted by Gasteiger charge is 2.14. The summed E-state index contributed by atoms with van der Waals surface area (Å²) in [5.41, 5.74) is 2.26. The third kappa shape index (κ3) is 4.76. The molecule has 0 aromatic carbocycles. The van der Waals surface area contributed by atoms with Gasteiger partial charge < -0.3 is 15.0 Å². The van der Waals surface area contributed by atoms with Crippen LogP contribution in [-0.4, -0.2) is 37.8 Å². The Morgan fingerprint density at radius 3 is 2.55 bits per heavy atom. The fraction of sp³-hybridized carbons (Fsp3) is 0.688. The Labute approximate surface area is 123 Å². The number of hydrogen-bond donors (Lipinski definition) is 1. The summed E-state index contributed by atoms with van der Waals surface area (Å²) in [4.78, 5) is 6.96. The molecule has 0 spiro atoms. The van der Waals surface area contributed by atoms with Gasteiger partial charge in [0.15, 0.2) is 0 Å².